The van der Waals surface area contributed by atoms with Crippen molar-refractivity contribution in [2.75, 3.05) is 19.6 Å². The van der Waals surface area contributed by atoms with Crippen LogP contribution in [0.2, 0.25) is 5.02 Å². The molecule has 1 heterocycles. The summed E-state index contributed by atoms with van der Waals surface area (Å²) in [4.78, 5) is 24.8. The Balaban J connectivity index is 2.29. The summed E-state index contributed by atoms with van der Waals surface area (Å²) < 4.78 is 0. The molecule has 1 fully saturated rings. The zero-order valence-corrected chi connectivity index (χ0v) is 12.6. The number of nitro benzene ring substituents is 1. The Morgan fingerprint density at radius 2 is 2.29 bits per heavy atom. The third-order valence-corrected chi connectivity index (χ3v) is 3.76. The lowest BCUT2D eigenvalue weighted by Gasteiger charge is -2.28. The minimum absolute atomic E-state index is 0.135. The average Bonchev–Trinajstić information content (AvgIpc) is 2.97. The number of benzene rings is 1. The van der Waals surface area contributed by atoms with Gasteiger partial charge in [-0.2, -0.15) is 0 Å². The van der Waals surface area contributed by atoms with Gasteiger partial charge >= 0.3 is 0 Å². The predicted molar refractivity (Wildman–Crippen MR) is 80.7 cm³/mol. The van der Waals surface area contributed by atoms with Gasteiger partial charge in [-0.05, 0) is 25.5 Å². The van der Waals surface area contributed by atoms with Crippen molar-refractivity contribution in [3.8, 4) is 0 Å². The Morgan fingerprint density at radius 3 is 2.86 bits per heavy atom. The molecule has 0 saturated carbocycles. The molecule has 0 spiro atoms. The number of rotatable bonds is 5. The van der Waals surface area contributed by atoms with Crippen LogP contribution in [-0.2, 0) is 0 Å². The zero-order chi connectivity index (χ0) is 15.4. The lowest BCUT2D eigenvalue weighted by atomic mass is 10.1. The van der Waals surface area contributed by atoms with Gasteiger partial charge in [0.1, 0.15) is 0 Å². The first-order valence-corrected chi connectivity index (χ1v) is 7.37. The Kier molecular flexibility index (Phi) is 5.14. The fourth-order valence-electron chi connectivity index (χ4n) is 2.57. The second-order valence-corrected chi connectivity index (χ2v) is 5.54. The topological polar surface area (TPSA) is 75.5 Å². The molecule has 0 bridgehead atoms. The summed E-state index contributed by atoms with van der Waals surface area (Å²) in [6.07, 6.45) is 1.74. The lowest BCUT2D eigenvalue weighted by Crippen LogP contribution is -2.42. The summed E-state index contributed by atoms with van der Waals surface area (Å²) in [6.45, 7) is 4.27. The van der Waals surface area contributed by atoms with Crippen LogP contribution in [0.1, 0.15) is 30.1 Å². The molecule has 6 nitrogen and oxygen atoms in total. The highest BCUT2D eigenvalue weighted by atomic mass is 35.5. The van der Waals surface area contributed by atoms with E-state index in [9.17, 15) is 14.9 Å². The highest BCUT2D eigenvalue weighted by molar-refractivity contribution is 6.31. The van der Waals surface area contributed by atoms with Crippen LogP contribution in [0.25, 0.3) is 0 Å². The predicted octanol–water partition coefficient (Wildman–Crippen LogP) is 2.46. The van der Waals surface area contributed by atoms with E-state index < -0.39 is 4.92 Å². The number of halogens is 1. The minimum atomic E-state index is -0.538. The molecule has 1 aliphatic rings. The highest BCUT2D eigenvalue weighted by Crippen LogP contribution is 2.23. The summed E-state index contributed by atoms with van der Waals surface area (Å²) in [5.41, 5.74) is 0.112. The third kappa shape index (κ3) is 3.71. The lowest BCUT2D eigenvalue weighted by molar-refractivity contribution is -0.384. The smallest absolute Gasteiger partial charge is 0.271 e. The van der Waals surface area contributed by atoms with Gasteiger partial charge in [0.15, 0.2) is 0 Å². The first kappa shape index (κ1) is 15.7. The van der Waals surface area contributed by atoms with E-state index in [-0.39, 0.29) is 28.2 Å². The normalized spacial score (nSPS) is 17.7. The molecule has 114 valence electrons. The van der Waals surface area contributed by atoms with Gasteiger partial charge in [0.25, 0.3) is 11.6 Å². The number of non-ortho nitro benzene ring substituents is 1. The molecule has 0 aromatic heterocycles. The Bertz CT molecular complexity index is 544. The minimum Gasteiger partial charge on any atom is -0.334 e. The van der Waals surface area contributed by atoms with Crippen molar-refractivity contribution in [1.82, 2.24) is 10.2 Å². The molecule has 1 amide bonds. The summed E-state index contributed by atoms with van der Waals surface area (Å²) >= 11 is 5.89. The third-order valence-electron chi connectivity index (χ3n) is 3.54. The maximum atomic E-state index is 12.7. The van der Waals surface area contributed by atoms with Crippen LogP contribution in [0.4, 0.5) is 5.69 Å². The van der Waals surface area contributed by atoms with Gasteiger partial charge in [-0.1, -0.05) is 18.5 Å². The maximum Gasteiger partial charge on any atom is 0.271 e. The number of carbonyl (C=O) groups excluding carboxylic acids is 1. The first-order valence-electron chi connectivity index (χ1n) is 6.99. The number of hydrogen-bond acceptors (Lipinski definition) is 4. The summed E-state index contributed by atoms with van der Waals surface area (Å²) in [5.74, 6) is -0.198. The number of hydrogen-bond donors (Lipinski definition) is 1. The van der Waals surface area contributed by atoms with Crippen LogP contribution in [0.5, 0.6) is 0 Å². The van der Waals surface area contributed by atoms with E-state index in [1.165, 1.54) is 18.2 Å². The van der Waals surface area contributed by atoms with Crippen molar-refractivity contribution in [1.29, 1.82) is 0 Å². The Labute approximate surface area is 128 Å². The summed E-state index contributed by atoms with van der Waals surface area (Å²) in [7, 11) is 0. The second-order valence-electron chi connectivity index (χ2n) is 5.10. The van der Waals surface area contributed by atoms with Crippen LogP contribution in [0, 0.1) is 10.1 Å². The molecule has 1 aromatic rings. The van der Waals surface area contributed by atoms with Crippen molar-refractivity contribution in [3.63, 3.8) is 0 Å². The quantitative estimate of drug-likeness (QED) is 0.669. The van der Waals surface area contributed by atoms with Gasteiger partial charge < -0.3 is 10.2 Å². The average molecular weight is 312 g/mol. The van der Waals surface area contributed by atoms with E-state index in [1.807, 2.05) is 6.92 Å². The molecule has 0 aliphatic carbocycles. The van der Waals surface area contributed by atoms with E-state index in [0.29, 0.717) is 6.54 Å². The number of carbonyl (C=O) groups is 1. The number of nitro groups is 1. The van der Waals surface area contributed by atoms with E-state index in [4.69, 9.17) is 11.6 Å². The van der Waals surface area contributed by atoms with Crippen molar-refractivity contribution in [2.24, 2.45) is 0 Å². The second kappa shape index (κ2) is 6.87. The van der Waals surface area contributed by atoms with E-state index in [1.54, 1.807) is 4.90 Å². The molecular formula is C14H18ClN3O3. The maximum absolute atomic E-state index is 12.7. The largest absolute Gasteiger partial charge is 0.334 e. The molecule has 1 N–H and O–H groups in total. The van der Waals surface area contributed by atoms with Crippen LogP contribution >= 0.6 is 11.6 Å². The molecule has 2 rings (SSSR count). The Hall–Kier alpha value is -1.66. The molecule has 21 heavy (non-hydrogen) atoms. The van der Waals surface area contributed by atoms with Crippen LogP contribution in [-0.4, -0.2) is 41.4 Å². The molecule has 1 saturated heterocycles. The van der Waals surface area contributed by atoms with Crippen LogP contribution in [0.15, 0.2) is 18.2 Å². The van der Waals surface area contributed by atoms with E-state index >= 15 is 0 Å². The molecule has 1 aliphatic heterocycles. The fraction of sp³-hybridized carbons (Fsp3) is 0.500. The van der Waals surface area contributed by atoms with E-state index in [2.05, 4.69) is 5.32 Å². The van der Waals surface area contributed by atoms with Gasteiger partial charge in [0, 0.05) is 41.9 Å². The molecule has 1 unspecified atom stereocenters. The zero-order valence-electron chi connectivity index (χ0n) is 11.8. The van der Waals surface area contributed by atoms with Gasteiger partial charge in [-0.15, -0.1) is 0 Å². The van der Waals surface area contributed by atoms with Gasteiger partial charge in [0.2, 0.25) is 0 Å². The highest BCUT2D eigenvalue weighted by Gasteiger charge is 2.27. The van der Waals surface area contributed by atoms with Crippen molar-refractivity contribution in [3.05, 3.63) is 38.9 Å². The van der Waals surface area contributed by atoms with Crippen LogP contribution in [0.3, 0.4) is 0 Å². The number of amides is 1. The number of nitrogens with one attached hydrogen (secondary N) is 1. The van der Waals surface area contributed by atoms with Gasteiger partial charge in [-0.3, -0.25) is 14.9 Å². The van der Waals surface area contributed by atoms with Gasteiger partial charge in [0.05, 0.1) is 4.92 Å². The molecule has 1 aromatic carbocycles. The Morgan fingerprint density at radius 1 is 1.52 bits per heavy atom. The van der Waals surface area contributed by atoms with Crippen LogP contribution < -0.4 is 5.32 Å². The molecular weight excluding hydrogens is 294 g/mol. The standard InChI is InChI=1S/C14H18ClN3O3/c1-2-5-17(12-3-4-16-9-12)14(19)10-6-11(15)8-13(7-10)18(20)21/h6-8,12,16H,2-5,9H2,1H3. The monoisotopic (exact) mass is 311 g/mol. The summed E-state index contributed by atoms with van der Waals surface area (Å²) in [5, 5.41) is 14.3. The van der Waals surface area contributed by atoms with Crippen molar-refractivity contribution >= 4 is 23.2 Å². The SMILES string of the molecule is CCCN(C(=O)c1cc(Cl)cc([N+](=O)[O-])c1)C1CCNC1. The summed E-state index contributed by atoms with van der Waals surface area (Å²) in [6, 6.07) is 4.16. The fourth-order valence-corrected chi connectivity index (χ4v) is 2.79. The molecule has 0 radical (unpaired) electrons. The van der Waals surface area contributed by atoms with Gasteiger partial charge in [-0.25, -0.2) is 0 Å². The number of nitrogens with zero attached hydrogens (tertiary/aromatic N) is 2. The van der Waals surface area contributed by atoms with Crippen molar-refractivity contribution in [2.45, 2.75) is 25.8 Å². The van der Waals surface area contributed by atoms with E-state index in [0.717, 1.165) is 25.9 Å². The molecule has 1 atom stereocenters. The molecule has 7 heteroatoms. The first-order chi connectivity index (χ1) is 10.0. The van der Waals surface area contributed by atoms with Crippen molar-refractivity contribution < 1.29 is 9.72 Å².